The van der Waals surface area contributed by atoms with Crippen molar-refractivity contribution in [3.8, 4) is 0 Å². The van der Waals surface area contributed by atoms with Crippen molar-refractivity contribution in [3.05, 3.63) is 12.7 Å². The number of esters is 3. The van der Waals surface area contributed by atoms with E-state index in [-0.39, 0.29) is 0 Å². The summed E-state index contributed by atoms with van der Waals surface area (Å²) < 4.78 is 20.2. The summed E-state index contributed by atoms with van der Waals surface area (Å²) in [5.74, 6) is -2.05. The monoisotopic (exact) mass is 302 g/mol. The van der Waals surface area contributed by atoms with E-state index in [0.29, 0.717) is 0 Å². The van der Waals surface area contributed by atoms with Gasteiger partial charge in [0.2, 0.25) is 0 Å². The van der Waals surface area contributed by atoms with Crippen LogP contribution in [0.3, 0.4) is 0 Å². The van der Waals surface area contributed by atoms with Gasteiger partial charge >= 0.3 is 17.9 Å². The topological polar surface area (TPSA) is 108 Å². The number of carbonyl (C=O) groups excluding carboxylic acids is 3. The van der Waals surface area contributed by atoms with Crippen LogP contribution in [-0.2, 0) is 33.3 Å². The van der Waals surface area contributed by atoms with Crippen molar-refractivity contribution < 1.29 is 38.4 Å². The molecule has 118 valence electrons. The molecule has 5 atom stereocenters. The van der Waals surface area contributed by atoms with Crippen molar-refractivity contribution in [2.75, 3.05) is 0 Å². The Morgan fingerprint density at radius 1 is 0.952 bits per heavy atom. The van der Waals surface area contributed by atoms with E-state index in [1.807, 2.05) is 0 Å². The van der Waals surface area contributed by atoms with E-state index < -0.39 is 48.6 Å². The van der Waals surface area contributed by atoms with Crippen LogP contribution >= 0.6 is 0 Å². The molecular formula is C13H18O8. The number of aliphatic hydroxyl groups excluding tert-OH is 1. The Labute approximate surface area is 121 Å². The summed E-state index contributed by atoms with van der Waals surface area (Å²) in [5, 5.41) is 9.88. The highest BCUT2D eigenvalue weighted by Crippen LogP contribution is 2.28. The lowest BCUT2D eigenvalue weighted by atomic mass is 9.98. The van der Waals surface area contributed by atoms with E-state index in [9.17, 15) is 19.5 Å². The summed E-state index contributed by atoms with van der Waals surface area (Å²) in [6, 6.07) is 0. The maximum atomic E-state index is 11.2. The molecule has 0 radical (unpaired) electrons. The first kappa shape index (κ1) is 17.1. The molecule has 1 heterocycles. The normalized spacial score (nSPS) is 31.9. The van der Waals surface area contributed by atoms with Gasteiger partial charge in [-0.2, -0.15) is 0 Å². The Balaban J connectivity index is 3.10. The van der Waals surface area contributed by atoms with Crippen molar-refractivity contribution >= 4 is 17.9 Å². The molecule has 1 unspecified atom stereocenters. The van der Waals surface area contributed by atoms with Crippen molar-refractivity contribution in [2.24, 2.45) is 0 Å². The molecule has 0 aromatic rings. The van der Waals surface area contributed by atoms with Crippen molar-refractivity contribution in [1.29, 1.82) is 0 Å². The molecule has 0 aromatic carbocycles. The molecule has 8 heteroatoms. The van der Waals surface area contributed by atoms with Gasteiger partial charge in [-0.15, -0.1) is 6.58 Å². The van der Waals surface area contributed by atoms with Crippen molar-refractivity contribution in [1.82, 2.24) is 0 Å². The van der Waals surface area contributed by atoms with E-state index in [1.54, 1.807) is 0 Å². The molecule has 0 spiro atoms. The molecule has 0 bridgehead atoms. The second-order valence-electron chi connectivity index (χ2n) is 4.45. The van der Waals surface area contributed by atoms with Crippen LogP contribution in [0.4, 0.5) is 0 Å². The smallest absolute Gasteiger partial charge is 0.303 e. The van der Waals surface area contributed by atoms with Gasteiger partial charge in [0.05, 0.1) is 0 Å². The predicted octanol–water partition coefficient (Wildman–Crippen LogP) is -0.315. The first-order chi connectivity index (χ1) is 9.76. The number of rotatable bonds is 4. The molecule has 1 aliphatic rings. The fourth-order valence-corrected chi connectivity index (χ4v) is 2.01. The van der Waals surface area contributed by atoms with Gasteiger partial charge in [0.15, 0.2) is 24.6 Å². The summed E-state index contributed by atoms with van der Waals surface area (Å²) in [4.78, 5) is 33.5. The minimum Gasteiger partial charge on any atom is -0.455 e. The van der Waals surface area contributed by atoms with Crippen LogP contribution in [0.5, 0.6) is 0 Å². The minimum atomic E-state index is -1.55. The number of hydrogen-bond donors (Lipinski definition) is 1. The van der Waals surface area contributed by atoms with Gasteiger partial charge in [-0.1, -0.05) is 6.08 Å². The van der Waals surface area contributed by atoms with Crippen LogP contribution in [0.15, 0.2) is 12.7 Å². The third kappa shape index (κ3) is 4.54. The molecule has 1 saturated heterocycles. The van der Waals surface area contributed by atoms with E-state index in [1.165, 1.54) is 6.08 Å². The highest BCUT2D eigenvalue weighted by Gasteiger charge is 2.50. The Bertz CT molecular complexity index is 432. The maximum Gasteiger partial charge on any atom is 0.303 e. The van der Waals surface area contributed by atoms with Gasteiger partial charge < -0.3 is 24.1 Å². The van der Waals surface area contributed by atoms with E-state index in [0.717, 1.165) is 20.8 Å². The standard InChI is InChI=1S/C13H18O8/c1-5-9-10(18-6(2)14)11(19-7(3)15)12(13(17)21-9)20-8(4)16/h5,9-13,17H,1H2,2-4H3/t9-,10+,11+,12-,13?/m1/s1. The molecule has 1 N–H and O–H groups in total. The minimum absolute atomic E-state index is 0.648. The predicted molar refractivity (Wildman–Crippen MR) is 67.7 cm³/mol. The largest absolute Gasteiger partial charge is 0.455 e. The third-order valence-corrected chi connectivity index (χ3v) is 2.69. The quantitative estimate of drug-likeness (QED) is 0.428. The molecule has 0 aliphatic carbocycles. The lowest BCUT2D eigenvalue weighted by molar-refractivity contribution is -0.282. The zero-order valence-corrected chi connectivity index (χ0v) is 12.0. The average Bonchev–Trinajstić information content (AvgIpc) is 2.35. The molecule has 0 aromatic heterocycles. The maximum absolute atomic E-state index is 11.2. The fraction of sp³-hybridized carbons (Fsp3) is 0.615. The fourth-order valence-electron chi connectivity index (χ4n) is 2.01. The van der Waals surface area contributed by atoms with Crippen LogP contribution in [0, 0.1) is 0 Å². The highest BCUT2D eigenvalue weighted by atomic mass is 16.7. The number of ether oxygens (including phenoxy) is 4. The summed E-state index contributed by atoms with van der Waals surface area (Å²) >= 11 is 0. The lowest BCUT2D eigenvalue weighted by Crippen LogP contribution is -2.60. The molecular weight excluding hydrogens is 284 g/mol. The van der Waals surface area contributed by atoms with Crippen molar-refractivity contribution in [3.63, 3.8) is 0 Å². The van der Waals surface area contributed by atoms with Gasteiger partial charge in [0, 0.05) is 20.8 Å². The van der Waals surface area contributed by atoms with Gasteiger partial charge in [-0.25, -0.2) is 0 Å². The number of hydrogen-bond acceptors (Lipinski definition) is 8. The second kappa shape index (κ2) is 7.19. The van der Waals surface area contributed by atoms with Crippen molar-refractivity contribution in [2.45, 2.75) is 51.5 Å². The van der Waals surface area contributed by atoms with Crippen LogP contribution in [0.1, 0.15) is 20.8 Å². The third-order valence-electron chi connectivity index (χ3n) is 2.69. The lowest BCUT2D eigenvalue weighted by Gasteiger charge is -2.41. The summed E-state index contributed by atoms with van der Waals surface area (Å²) in [7, 11) is 0. The average molecular weight is 302 g/mol. The molecule has 1 aliphatic heterocycles. The van der Waals surface area contributed by atoms with E-state index in [4.69, 9.17) is 18.9 Å². The molecule has 1 fully saturated rings. The molecule has 0 saturated carbocycles. The Morgan fingerprint density at radius 2 is 1.38 bits per heavy atom. The Kier molecular flexibility index (Phi) is 5.86. The molecule has 1 rings (SSSR count). The SMILES string of the molecule is C=C[C@H]1OC(O)[C@H](OC(C)=O)[C@@H](OC(C)=O)[C@H]1OC(C)=O. The van der Waals surface area contributed by atoms with E-state index in [2.05, 4.69) is 6.58 Å². The Hall–Kier alpha value is -1.93. The summed E-state index contributed by atoms with van der Waals surface area (Å²) in [6.45, 7) is 6.93. The van der Waals surface area contributed by atoms with Crippen LogP contribution in [0.2, 0.25) is 0 Å². The van der Waals surface area contributed by atoms with Crippen LogP contribution in [-0.4, -0.2) is 53.7 Å². The molecule has 8 nitrogen and oxygen atoms in total. The zero-order chi connectivity index (χ0) is 16.2. The van der Waals surface area contributed by atoms with Gasteiger partial charge in [0.25, 0.3) is 0 Å². The van der Waals surface area contributed by atoms with Gasteiger partial charge in [-0.3, -0.25) is 14.4 Å². The summed E-state index contributed by atoms with van der Waals surface area (Å²) in [5.41, 5.74) is 0. The first-order valence-corrected chi connectivity index (χ1v) is 6.24. The second-order valence-corrected chi connectivity index (χ2v) is 4.45. The number of carbonyl (C=O) groups is 3. The van der Waals surface area contributed by atoms with Crippen LogP contribution in [0.25, 0.3) is 0 Å². The van der Waals surface area contributed by atoms with E-state index >= 15 is 0 Å². The Morgan fingerprint density at radius 3 is 1.81 bits per heavy atom. The van der Waals surface area contributed by atoms with Gasteiger partial charge in [-0.05, 0) is 0 Å². The highest BCUT2D eigenvalue weighted by molar-refractivity contribution is 5.68. The first-order valence-electron chi connectivity index (χ1n) is 6.24. The molecule has 0 amide bonds. The molecule has 21 heavy (non-hydrogen) atoms. The summed E-state index contributed by atoms with van der Waals surface area (Å²) in [6.07, 6.45) is -4.78. The zero-order valence-electron chi connectivity index (χ0n) is 12.0. The van der Waals surface area contributed by atoms with Crippen LogP contribution < -0.4 is 0 Å². The number of aliphatic hydroxyl groups is 1. The van der Waals surface area contributed by atoms with Gasteiger partial charge in [0.1, 0.15) is 6.10 Å².